The number of hydrogen-bond donors (Lipinski definition) is 0. The summed E-state index contributed by atoms with van der Waals surface area (Å²) < 4.78 is 1.25. The van der Waals surface area contributed by atoms with Gasteiger partial charge in [-0.15, -0.1) is 22.5 Å². The van der Waals surface area contributed by atoms with E-state index in [-0.39, 0.29) is 27.8 Å². The van der Waals surface area contributed by atoms with Gasteiger partial charge in [-0.2, -0.15) is 24.3 Å². The Bertz CT molecular complexity index is 1090. The van der Waals surface area contributed by atoms with Crippen LogP contribution in [0.3, 0.4) is 0 Å². The number of nitrogens with zero attached hydrogens (tertiary/aromatic N) is 1. The standard InChI is InChI=1S/C24H20NS.Au/c1-3-24(4-2)19-10-6-5-9-17(19)18-14-13-16(15-20(18)24)23-25-21-11-7-8-12-22(21)26-23;/h5,7-15H,3-4H2,1-2H3;/q-1;+1. The first-order valence-corrected chi connectivity index (χ1v) is 10.1. The molecule has 27 heavy (non-hydrogen) atoms. The zero-order chi connectivity index (χ0) is 17.7. The molecular formula is C24H20AuNS. The molecule has 0 unspecified atom stereocenters. The molecule has 5 rings (SSSR count). The monoisotopic (exact) mass is 551 g/mol. The molecule has 1 heterocycles. The molecular weight excluding hydrogens is 531 g/mol. The van der Waals surface area contributed by atoms with Crippen molar-refractivity contribution in [1.82, 2.24) is 4.98 Å². The van der Waals surface area contributed by atoms with Gasteiger partial charge in [0.05, 0.1) is 10.2 Å². The molecule has 3 heteroatoms. The number of rotatable bonds is 3. The first kappa shape index (κ1) is 18.6. The first-order chi connectivity index (χ1) is 12.8. The fourth-order valence-electron chi connectivity index (χ4n) is 4.52. The summed E-state index contributed by atoms with van der Waals surface area (Å²) in [5, 5.41) is 1.11. The third kappa shape index (κ3) is 2.67. The van der Waals surface area contributed by atoms with Gasteiger partial charge in [0.15, 0.2) is 0 Å². The normalized spacial score (nSPS) is 13.9. The van der Waals surface area contributed by atoms with Crippen molar-refractivity contribution in [2.75, 3.05) is 0 Å². The van der Waals surface area contributed by atoms with Crippen LogP contribution in [-0.4, -0.2) is 4.98 Å². The fraction of sp³-hybridized carbons (Fsp3) is 0.208. The maximum atomic E-state index is 4.87. The molecule has 0 fully saturated rings. The van der Waals surface area contributed by atoms with Crippen LogP contribution in [0.5, 0.6) is 0 Å². The molecule has 0 bridgehead atoms. The molecule has 1 nitrogen and oxygen atoms in total. The molecule has 0 saturated carbocycles. The summed E-state index contributed by atoms with van der Waals surface area (Å²) in [6.45, 7) is 4.61. The molecule has 4 aromatic rings. The molecule has 0 radical (unpaired) electrons. The Hall–Kier alpha value is -1.71. The Labute approximate surface area is 180 Å². The summed E-state index contributed by atoms with van der Waals surface area (Å²) >= 11 is 1.78. The van der Waals surface area contributed by atoms with Crippen molar-refractivity contribution in [3.8, 4) is 21.7 Å². The number of fused-ring (bicyclic) bond motifs is 4. The Kier molecular flexibility index (Phi) is 4.85. The number of para-hydroxylation sites is 1. The van der Waals surface area contributed by atoms with Crippen LogP contribution in [-0.2, 0) is 27.8 Å². The molecule has 0 spiro atoms. The minimum absolute atomic E-state index is 0. The Balaban J connectivity index is 0.00000180. The van der Waals surface area contributed by atoms with Crippen LogP contribution in [0.25, 0.3) is 31.9 Å². The molecule has 138 valence electrons. The number of hydrogen-bond acceptors (Lipinski definition) is 2. The van der Waals surface area contributed by atoms with Crippen LogP contribution in [0.1, 0.15) is 37.8 Å². The van der Waals surface area contributed by atoms with Crippen molar-refractivity contribution >= 4 is 21.6 Å². The minimum Gasteiger partial charge on any atom is -0.236 e. The molecule has 0 aliphatic heterocycles. The van der Waals surface area contributed by atoms with Gasteiger partial charge in [0.1, 0.15) is 5.01 Å². The van der Waals surface area contributed by atoms with Crippen LogP contribution >= 0.6 is 11.3 Å². The topological polar surface area (TPSA) is 12.9 Å². The Morgan fingerprint density at radius 1 is 0.963 bits per heavy atom. The smallest absolute Gasteiger partial charge is 0.236 e. The number of thiazole rings is 1. The third-order valence-corrected chi connectivity index (χ3v) is 7.04. The van der Waals surface area contributed by atoms with Crippen molar-refractivity contribution in [2.24, 2.45) is 0 Å². The van der Waals surface area contributed by atoms with E-state index < -0.39 is 0 Å². The van der Waals surface area contributed by atoms with E-state index in [9.17, 15) is 0 Å². The largest absolute Gasteiger partial charge is 1.00 e. The van der Waals surface area contributed by atoms with E-state index in [1.54, 1.807) is 11.3 Å². The van der Waals surface area contributed by atoms with E-state index in [0.717, 1.165) is 23.4 Å². The van der Waals surface area contributed by atoms with Gasteiger partial charge < -0.3 is 0 Å². The number of aromatic nitrogens is 1. The maximum Gasteiger partial charge on any atom is 1.00 e. The van der Waals surface area contributed by atoms with Crippen molar-refractivity contribution < 1.29 is 22.4 Å². The molecule has 0 saturated heterocycles. The summed E-state index contributed by atoms with van der Waals surface area (Å²) in [5.41, 5.74) is 8.04. The van der Waals surface area contributed by atoms with E-state index in [4.69, 9.17) is 4.98 Å². The van der Waals surface area contributed by atoms with Gasteiger partial charge in [-0.3, -0.25) is 0 Å². The quantitative estimate of drug-likeness (QED) is 0.201. The van der Waals surface area contributed by atoms with E-state index in [1.165, 1.54) is 32.5 Å². The fourth-order valence-corrected chi connectivity index (χ4v) is 5.48. The van der Waals surface area contributed by atoms with Gasteiger partial charge >= 0.3 is 22.4 Å². The summed E-state index contributed by atoms with van der Waals surface area (Å²) in [7, 11) is 0. The van der Waals surface area contributed by atoms with Crippen LogP contribution < -0.4 is 0 Å². The van der Waals surface area contributed by atoms with Gasteiger partial charge in [0.25, 0.3) is 0 Å². The predicted molar refractivity (Wildman–Crippen MR) is 111 cm³/mol. The zero-order valence-electron chi connectivity index (χ0n) is 15.3. The van der Waals surface area contributed by atoms with E-state index in [0.29, 0.717) is 0 Å². The molecule has 1 aliphatic rings. The van der Waals surface area contributed by atoms with Gasteiger partial charge in [0, 0.05) is 5.56 Å². The maximum absolute atomic E-state index is 4.87. The molecule has 0 amide bonds. The molecule has 1 aliphatic carbocycles. The summed E-state index contributed by atoms with van der Waals surface area (Å²) in [6, 6.07) is 25.1. The van der Waals surface area contributed by atoms with Gasteiger partial charge in [-0.25, -0.2) is 4.98 Å². The second kappa shape index (κ2) is 7.03. The van der Waals surface area contributed by atoms with Crippen LogP contribution in [0.2, 0.25) is 0 Å². The van der Waals surface area contributed by atoms with Gasteiger partial charge in [0.2, 0.25) is 0 Å². The molecule has 0 N–H and O–H groups in total. The van der Waals surface area contributed by atoms with Crippen molar-refractivity contribution in [3.63, 3.8) is 0 Å². The summed E-state index contributed by atoms with van der Waals surface area (Å²) in [6.07, 6.45) is 2.20. The Morgan fingerprint density at radius 3 is 2.52 bits per heavy atom. The van der Waals surface area contributed by atoms with Crippen LogP contribution in [0.4, 0.5) is 0 Å². The second-order valence-corrected chi connectivity index (χ2v) is 8.04. The van der Waals surface area contributed by atoms with Crippen LogP contribution in [0.15, 0.2) is 60.7 Å². The van der Waals surface area contributed by atoms with Gasteiger partial charge in [-0.1, -0.05) is 51.0 Å². The second-order valence-electron chi connectivity index (χ2n) is 7.01. The molecule has 0 atom stereocenters. The minimum atomic E-state index is 0. The SMILES string of the molecule is CCC1(CC)c2c[c-]ccc2-c2ccc(-c3nc4ccccc4s3)cc21.[Au+]. The van der Waals surface area contributed by atoms with E-state index in [2.05, 4.69) is 74.5 Å². The number of benzene rings is 3. The average Bonchev–Trinajstić information content (AvgIpc) is 3.25. The summed E-state index contributed by atoms with van der Waals surface area (Å²) in [5.74, 6) is 0. The summed E-state index contributed by atoms with van der Waals surface area (Å²) in [4.78, 5) is 4.87. The predicted octanol–water partition coefficient (Wildman–Crippen LogP) is 6.85. The third-order valence-electron chi connectivity index (χ3n) is 5.95. The average molecular weight is 551 g/mol. The zero-order valence-corrected chi connectivity index (χ0v) is 18.3. The van der Waals surface area contributed by atoms with Gasteiger partial charge in [-0.05, 0) is 34.7 Å². The molecule has 3 aromatic carbocycles. The van der Waals surface area contributed by atoms with Crippen LogP contribution in [0, 0.1) is 6.07 Å². The van der Waals surface area contributed by atoms with Crippen molar-refractivity contribution in [3.05, 3.63) is 77.9 Å². The van der Waals surface area contributed by atoms with Crippen molar-refractivity contribution in [2.45, 2.75) is 32.1 Å². The first-order valence-electron chi connectivity index (χ1n) is 9.28. The molecule has 1 aromatic heterocycles. The van der Waals surface area contributed by atoms with E-state index in [1.807, 2.05) is 6.07 Å². The Morgan fingerprint density at radius 2 is 1.74 bits per heavy atom. The van der Waals surface area contributed by atoms with E-state index >= 15 is 0 Å². The van der Waals surface area contributed by atoms with Crippen molar-refractivity contribution in [1.29, 1.82) is 0 Å².